The number of Topliss-reactive ketones (excluding diaryl/α,β-unsaturated/α-hetero) is 1. The number of carbonyl (C=O) groups excluding carboxylic acids is 1. The summed E-state index contributed by atoms with van der Waals surface area (Å²) in [6.45, 7) is 2.25. The van der Waals surface area contributed by atoms with Crippen LogP contribution in [0.5, 0.6) is 0 Å². The van der Waals surface area contributed by atoms with Crippen molar-refractivity contribution in [3.05, 3.63) is 29.3 Å². The number of hydrogen-bond donors (Lipinski definition) is 0. The van der Waals surface area contributed by atoms with Crippen molar-refractivity contribution in [2.45, 2.75) is 19.9 Å². The molecule has 1 aromatic carbocycles. The number of benzene rings is 1. The van der Waals surface area contributed by atoms with E-state index in [-0.39, 0.29) is 5.78 Å². The predicted octanol–water partition coefficient (Wildman–Crippen LogP) is 2.42. The quantitative estimate of drug-likeness (QED) is 0.678. The molecule has 1 aromatic rings. The van der Waals surface area contributed by atoms with Gasteiger partial charge in [-0.1, -0.05) is 12.1 Å². The molecule has 0 amide bonds. The fourth-order valence-corrected chi connectivity index (χ4v) is 1.45. The van der Waals surface area contributed by atoms with Crippen molar-refractivity contribution in [2.24, 2.45) is 10.2 Å². The molecular formula is C10H10N2O. The smallest absolute Gasteiger partial charge is 0.134 e. The number of rotatable bonds is 2. The summed E-state index contributed by atoms with van der Waals surface area (Å²) in [5, 5.41) is 7.87. The zero-order valence-corrected chi connectivity index (χ0v) is 7.45. The number of carbonyl (C=O) groups is 1. The number of nitrogens with zero attached hydrogens (tertiary/aromatic N) is 2. The van der Waals surface area contributed by atoms with Crippen LogP contribution in [0.15, 0.2) is 28.4 Å². The van der Waals surface area contributed by atoms with Gasteiger partial charge in [0, 0.05) is 12.0 Å². The van der Waals surface area contributed by atoms with Gasteiger partial charge in [-0.2, -0.15) is 10.2 Å². The van der Waals surface area contributed by atoms with Crippen LogP contribution in [-0.2, 0) is 17.8 Å². The van der Waals surface area contributed by atoms with Crippen molar-refractivity contribution in [2.75, 3.05) is 0 Å². The number of azo groups is 1. The third-order valence-electron chi connectivity index (χ3n) is 2.02. The molecule has 13 heavy (non-hydrogen) atoms. The molecule has 0 aromatic heterocycles. The Labute approximate surface area is 76.5 Å². The largest absolute Gasteiger partial charge is 0.300 e. The second-order valence-electron chi connectivity index (χ2n) is 3.24. The number of ketones is 1. The van der Waals surface area contributed by atoms with Crippen LogP contribution in [-0.4, -0.2) is 5.78 Å². The summed E-state index contributed by atoms with van der Waals surface area (Å²) < 4.78 is 0. The number of fused-ring (bicyclic) bond motifs is 1. The van der Waals surface area contributed by atoms with Gasteiger partial charge in [0.25, 0.3) is 0 Å². The van der Waals surface area contributed by atoms with Crippen LogP contribution in [0.25, 0.3) is 0 Å². The van der Waals surface area contributed by atoms with Crippen molar-refractivity contribution >= 4 is 11.5 Å². The van der Waals surface area contributed by atoms with Crippen LogP contribution in [0.3, 0.4) is 0 Å². The molecule has 0 unspecified atom stereocenters. The third-order valence-corrected chi connectivity index (χ3v) is 2.02. The lowest BCUT2D eigenvalue weighted by atomic mass is 10.1. The summed E-state index contributed by atoms with van der Waals surface area (Å²) in [6.07, 6.45) is 0.507. The summed E-state index contributed by atoms with van der Waals surface area (Å²) in [6, 6.07) is 5.87. The molecule has 0 N–H and O–H groups in total. The average molecular weight is 174 g/mol. The van der Waals surface area contributed by atoms with Gasteiger partial charge in [-0.05, 0) is 18.6 Å². The molecule has 66 valence electrons. The van der Waals surface area contributed by atoms with Gasteiger partial charge in [-0.15, -0.1) is 0 Å². The van der Waals surface area contributed by atoms with Crippen molar-refractivity contribution in [1.82, 2.24) is 0 Å². The molecule has 3 heteroatoms. The molecule has 0 saturated heterocycles. The minimum absolute atomic E-state index is 0.187. The first-order valence-electron chi connectivity index (χ1n) is 4.24. The predicted molar refractivity (Wildman–Crippen MR) is 49.0 cm³/mol. The third kappa shape index (κ3) is 1.64. The first-order chi connectivity index (χ1) is 6.25. The van der Waals surface area contributed by atoms with Crippen LogP contribution in [0.1, 0.15) is 18.1 Å². The zero-order chi connectivity index (χ0) is 9.26. The average Bonchev–Trinajstić information content (AvgIpc) is 2.49. The Balaban J connectivity index is 2.28. The van der Waals surface area contributed by atoms with Crippen LogP contribution in [0, 0.1) is 0 Å². The Morgan fingerprint density at radius 2 is 2.38 bits per heavy atom. The standard InChI is InChI=1S/C10H10N2O/c1-7(13)4-8-2-3-10-9(5-8)6-11-12-10/h2-3,5H,4,6H2,1H3. The minimum Gasteiger partial charge on any atom is -0.300 e. The Kier molecular flexibility index (Phi) is 1.93. The van der Waals surface area contributed by atoms with Crippen LogP contribution < -0.4 is 0 Å². The van der Waals surface area contributed by atoms with Gasteiger partial charge in [0.1, 0.15) is 5.78 Å². The summed E-state index contributed by atoms with van der Waals surface area (Å²) in [7, 11) is 0. The first-order valence-corrected chi connectivity index (χ1v) is 4.24. The van der Waals surface area contributed by atoms with E-state index in [9.17, 15) is 4.79 Å². The summed E-state index contributed by atoms with van der Waals surface area (Å²) in [4.78, 5) is 10.9. The van der Waals surface area contributed by atoms with Crippen LogP contribution in [0.2, 0.25) is 0 Å². The molecule has 1 aliphatic heterocycles. The molecule has 0 radical (unpaired) electrons. The van der Waals surface area contributed by atoms with Crippen molar-refractivity contribution in [3.63, 3.8) is 0 Å². The topological polar surface area (TPSA) is 41.8 Å². The molecule has 0 saturated carbocycles. The maximum Gasteiger partial charge on any atom is 0.134 e. The molecule has 0 fully saturated rings. The Morgan fingerprint density at radius 1 is 1.54 bits per heavy atom. The van der Waals surface area contributed by atoms with Crippen LogP contribution >= 0.6 is 0 Å². The molecule has 0 aliphatic carbocycles. The van der Waals surface area contributed by atoms with E-state index in [4.69, 9.17) is 0 Å². The van der Waals surface area contributed by atoms with Gasteiger partial charge >= 0.3 is 0 Å². The fourth-order valence-electron chi connectivity index (χ4n) is 1.45. The second-order valence-corrected chi connectivity index (χ2v) is 3.24. The van der Waals surface area contributed by atoms with Gasteiger partial charge < -0.3 is 0 Å². The van der Waals surface area contributed by atoms with Gasteiger partial charge in [0.15, 0.2) is 0 Å². The van der Waals surface area contributed by atoms with Gasteiger partial charge in [-0.25, -0.2) is 0 Å². The van der Waals surface area contributed by atoms with E-state index in [0.29, 0.717) is 13.0 Å². The normalized spacial score (nSPS) is 13.0. The highest BCUT2D eigenvalue weighted by Gasteiger charge is 2.08. The van der Waals surface area contributed by atoms with E-state index in [1.54, 1.807) is 6.92 Å². The second kappa shape index (κ2) is 3.09. The fraction of sp³-hybridized carbons (Fsp3) is 0.300. The van der Waals surface area contributed by atoms with Gasteiger partial charge in [0.2, 0.25) is 0 Å². The summed E-state index contributed by atoms with van der Waals surface area (Å²) >= 11 is 0. The Hall–Kier alpha value is -1.51. The van der Waals surface area contributed by atoms with Crippen molar-refractivity contribution in [1.29, 1.82) is 0 Å². The summed E-state index contributed by atoms with van der Waals surface area (Å²) in [5.74, 6) is 0.187. The SMILES string of the molecule is CC(=O)Cc1ccc2c(c1)CN=N2. The maximum absolute atomic E-state index is 10.9. The van der Waals surface area contributed by atoms with Crippen LogP contribution in [0.4, 0.5) is 5.69 Å². The van der Waals surface area contributed by atoms with E-state index in [1.165, 1.54) is 0 Å². The Morgan fingerprint density at radius 3 is 3.15 bits per heavy atom. The van der Waals surface area contributed by atoms with E-state index >= 15 is 0 Å². The molecule has 0 atom stereocenters. The molecule has 0 spiro atoms. The molecule has 0 bridgehead atoms. The lowest BCUT2D eigenvalue weighted by molar-refractivity contribution is -0.116. The lowest BCUT2D eigenvalue weighted by Crippen LogP contribution is -1.96. The van der Waals surface area contributed by atoms with E-state index in [1.807, 2.05) is 18.2 Å². The highest BCUT2D eigenvalue weighted by molar-refractivity contribution is 5.78. The highest BCUT2D eigenvalue weighted by Crippen LogP contribution is 2.27. The first kappa shape index (κ1) is 8.10. The highest BCUT2D eigenvalue weighted by atomic mass is 16.1. The maximum atomic E-state index is 10.9. The van der Waals surface area contributed by atoms with Crippen molar-refractivity contribution < 1.29 is 4.79 Å². The Bertz CT molecular complexity index is 383. The zero-order valence-electron chi connectivity index (χ0n) is 7.45. The van der Waals surface area contributed by atoms with Gasteiger partial charge in [0.05, 0.1) is 12.2 Å². The van der Waals surface area contributed by atoms with E-state index in [2.05, 4.69) is 10.2 Å². The monoisotopic (exact) mass is 174 g/mol. The van der Waals surface area contributed by atoms with E-state index < -0.39 is 0 Å². The lowest BCUT2D eigenvalue weighted by Gasteiger charge is -1.99. The minimum atomic E-state index is 0.187. The number of hydrogen-bond acceptors (Lipinski definition) is 3. The molecule has 3 nitrogen and oxygen atoms in total. The van der Waals surface area contributed by atoms with Gasteiger partial charge in [-0.3, -0.25) is 4.79 Å². The van der Waals surface area contributed by atoms with E-state index in [0.717, 1.165) is 16.8 Å². The molecular weight excluding hydrogens is 164 g/mol. The van der Waals surface area contributed by atoms with Crippen molar-refractivity contribution in [3.8, 4) is 0 Å². The summed E-state index contributed by atoms with van der Waals surface area (Å²) in [5.41, 5.74) is 3.12. The molecule has 1 aliphatic rings. The molecule has 2 rings (SSSR count). The molecule has 1 heterocycles.